The molecule has 2 N–H and O–H groups in total. The van der Waals surface area contributed by atoms with Crippen LogP contribution in [0.3, 0.4) is 0 Å². The van der Waals surface area contributed by atoms with Crippen molar-refractivity contribution < 1.29 is 14.7 Å². The van der Waals surface area contributed by atoms with Crippen molar-refractivity contribution in [2.75, 3.05) is 0 Å². The minimum Gasteiger partial charge on any atom is -0.480 e. The molecule has 0 saturated heterocycles. The van der Waals surface area contributed by atoms with E-state index in [2.05, 4.69) is 5.32 Å². The maximum atomic E-state index is 12.2. The Hall–Kier alpha value is -2.36. The van der Waals surface area contributed by atoms with Gasteiger partial charge in [0.2, 0.25) is 5.91 Å². The van der Waals surface area contributed by atoms with Crippen LogP contribution in [-0.2, 0) is 16.0 Å². The summed E-state index contributed by atoms with van der Waals surface area (Å²) in [5.41, 5.74) is -0.323. The van der Waals surface area contributed by atoms with E-state index in [1.54, 1.807) is 6.92 Å². The minimum absolute atomic E-state index is 0.171. The summed E-state index contributed by atoms with van der Waals surface area (Å²) in [6.45, 7) is 3.27. The standard InChI is InChI=1S/C17H19NO3/c1-3-17(2,16(20)21)18-15(19)11-13-9-6-8-12-7-4-5-10-14(12)13/h4-10H,3,11H2,1-2H3,(H,18,19)(H,20,21). The molecular weight excluding hydrogens is 266 g/mol. The largest absolute Gasteiger partial charge is 0.480 e. The molecule has 0 aliphatic rings. The molecule has 0 fully saturated rings. The summed E-state index contributed by atoms with van der Waals surface area (Å²) in [5, 5.41) is 13.9. The summed E-state index contributed by atoms with van der Waals surface area (Å²) in [6.07, 6.45) is 0.508. The molecule has 1 amide bonds. The first-order chi connectivity index (χ1) is 9.96. The highest BCUT2D eigenvalue weighted by Crippen LogP contribution is 2.19. The maximum absolute atomic E-state index is 12.2. The van der Waals surface area contributed by atoms with E-state index in [0.717, 1.165) is 16.3 Å². The van der Waals surface area contributed by atoms with Gasteiger partial charge in [0.05, 0.1) is 6.42 Å². The highest BCUT2D eigenvalue weighted by atomic mass is 16.4. The van der Waals surface area contributed by atoms with E-state index in [4.69, 9.17) is 0 Å². The van der Waals surface area contributed by atoms with Gasteiger partial charge in [0.15, 0.2) is 0 Å². The summed E-state index contributed by atoms with van der Waals surface area (Å²) in [6, 6.07) is 13.6. The maximum Gasteiger partial charge on any atom is 0.329 e. The van der Waals surface area contributed by atoms with Gasteiger partial charge in [0, 0.05) is 0 Å². The van der Waals surface area contributed by atoms with Crippen molar-refractivity contribution in [3.05, 3.63) is 48.0 Å². The fourth-order valence-electron chi connectivity index (χ4n) is 2.26. The van der Waals surface area contributed by atoms with Crippen LogP contribution in [-0.4, -0.2) is 22.5 Å². The van der Waals surface area contributed by atoms with Gasteiger partial charge in [-0.3, -0.25) is 4.79 Å². The second-order valence-electron chi connectivity index (χ2n) is 5.35. The number of fused-ring (bicyclic) bond motifs is 1. The second-order valence-corrected chi connectivity index (χ2v) is 5.35. The van der Waals surface area contributed by atoms with Crippen LogP contribution in [0, 0.1) is 0 Å². The van der Waals surface area contributed by atoms with Crippen LogP contribution in [0.25, 0.3) is 10.8 Å². The van der Waals surface area contributed by atoms with Crippen LogP contribution in [0.1, 0.15) is 25.8 Å². The highest BCUT2D eigenvalue weighted by Gasteiger charge is 2.32. The Labute approximate surface area is 123 Å². The molecule has 0 bridgehead atoms. The molecule has 4 nitrogen and oxygen atoms in total. The Morgan fingerprint density at radius 3 is 2.48 bits per heavy atom. The Balaban J connectivity index is 2.21. The fraction of sp³-hybridized carbons (Fsp3) is 0.294. The van der Waals surface area contributed by atoms with Gasteiger partial charge in [-0.15, -0.1) is 0 Å². The molecule has 110 valence electrons. The molecular formula is C17H19NO3. The van der Waals surface area contributed by atoms with Crippen molar-refractivity contribution in [3.8, 4) is 0 Å². The van der Waals surface area contributed by atoms with Crippen LogP contribution in [0.4, 0.5) is 0 Å². The minimum atomic E-state index is -1.22. The van der Waals surface area contributed by atoms with E-state index in [9.17, 15) is 14.7 Å². The zero-order valence-corrected chi connectivity index (χ0v) is 12.2. The van der Waals surface area contributed by atoms with Crippen molar-refractivity contribution in [1.82, 2.24) is 5.32 Å². The highest BCUT2D eigenvalue weighted by molar-refractivity contribution is 5.92. The van der Waals surface area contributed by atoms with Crippen molar-refractivity contribution >= 4 is 22.6 Å². The number of benzene rings is 2. The molecule has 1 atom stereocenters. The zero-order valence-electron chi connectivity index (χ0n) is 12.2. The smallest absolute Gasteiger partial charge is 0.329 e. The van der Waals surface area contributed by atoms with Gasteiger partial charge >= 0.3 is 5.97 Å². The van der Waals surface area contributed by atoms with Crippen LogP contribution in [0.15, 0.2) is 42.5 Å². The number of carboxylic acid groups (broad SMARTS) is 1. The number of hydrogen-bond donors (Lipinski definition) is 2. The van der Waals surface area contributed by atoms with Gasteiger partial charge in [0.1, 0.15) is 5.54 Å². The van der Waals surface area contributed by atoms with E-state index in [0.29, 0.717) is 6.42 Å². The molecule has 0 aliphatic carbocycles. The van der Waals surface area contributed by atoms with Gasteiger partial charge in [0.25, 0.3) is 0 Å². The molecule has 2 rings (SSSR count). The Kier molecular flexibility index (Phi) is 4.26. The van der Waals surface area contributed by atoms with E-state index in [1.807, 2.05) is 42.5 Å². The number of aliphatic carboxylic acids is 1. The molecule has 0 aromatic heterocycles. The topological polar surface area (TPSA) is 66.4 Å². The predicted molar refractivity (Wildman–Crippen MR) is 82.1 cm³/mol. The van der Waals surface area contributed by atoms with Gasteiger partial charge in [-0.05, 0) is 29.7 Å². The summed E-state index contributed by atoms with van der Waals surface area (Å²) in [5.74, 6) is -1.30. The average Bonchev–Trinajstić information content (AvgIpc) is 2.47. The van der Waals surface area contributed by atoms with Crippen LogP contribution >= 0.6 is 0 Å². The number of nitrogens with one attached hydrogen (secondary N) is 1. The lowest BCUT2D eigenvalue weighted by Crippen LogP contribution is -2.52. The van der Waals surface area contributed by atoms with Gasteiger partial charge < -0.3 is 10.4 Å². The molecule has 21 heavy (non-hydrogen) atoms. The third kappa shape index (κ3) is 3.21. The molecule has 0 heterocycles. The lowest BCUT2D eigenvalue weighted by atomic mass is 9.97. The van der Waals surface area contributed by atoms with Crippen LogP contribution < -0.4 is 5.32 Å². The third-order valence-electron chi connectivity index (χ3n) is 3.83. The molecule has 2 aromatic carbocycles. The second kappa shape index (κ2) is 5.95. The number of carboxylic acids is 1. The first-order valence-corrected chi connectivity index (χ1v) is 6.97. The van der Waals surface area contributed by atoms with Gasteiger partial charge in [-0.25, -0.2) is 4.79 Å². The van der Waals surface area contributed by atoms with E-state index >= 15 is 0 Å². The van der Waals surface area contributed by atoms with Crippen LogP contribution in [0.2, 0.25) is 0 Å². The summed E-state index contributed by atoms with van der Waals surface area (Å²) >= 11 is 0. The molecule has 1 unspecified atom stereocenters. The lowest BCUT2D eigenvalue weighted by Gasteiger charge is -2.24. The Bertz CT molecular complexity index is 675. The quantitative estimate of drug-likeness (QED) is 0.887. The third-order valence-corrected chi connectivity index (χ3v) is 3.83. The van der Waals surface area contributed by atoms with Crippen molar-refractivity contribution in [2.45, 2.75) is 32.2 Å². The zero-order chi connectivity index (χ0) is 15.5. The van der Waals surface area contributed by atoms with Gasteiger partial charge in [-0.1, -0.05) is 49.4 Å². The first-order valence-electron chi connectivity index (χ1n) is 6.97. The normalized spacial score (nSPS) is 13.6. The number of carbonyl (C=O) groups is 2. The summed E-state index contributed by atoms with van der Waals surface area (Å²) in [7, 11) is 0. The number of carbonyl (C=O) groups excluding carboxylic acids is 1. The fourth-order valence-corrected chi connectivity index (χ4v) is 2.26. The van der Waals surface area contributed by atoms with E-state index in [1.165, 1.54) is 6.92 Å². The number of rotatable bonds is 5. The summed E-state index contributed by atoms with van der Waals surface area (Å²) < 4.78 is 0. The van der Waals surface area contributed by atoms with Crippen molar-refractivity contribution in [3.63, 3.8) is 0 Å². The predicted octanol–water partition coefficient (Wildman–Crippen LogP) is 2.75. The number of hydrogen-bond acceptors (Lipinski definition) is 2. The van der Waals surface area contributed by atoms with Crippen molar-refractivity contribution in [2.24, 2.45) is 0 Å². The monoisotopic (exact) mass is 285 g/mol. The lowest BCUT2D eigenvalue weighted by molar-refractivity contribution is -0.146. The SMILES string of the molecule is CCC(C)(NC(=O)Cc1cccc2ccccc12)C(=O)O. The molecule has 4 heteroatoms. The molecule has 0 aliphatic heterocycles. The molecule has 0 spiro atoms. The Morgan fingerprint density at radius 1 is 1.14 bits per heavy atom. The van der Waals surface area contributed by atoms with E-state index in [-0.39, 0.29) is 12.3 Å². The Morgan fingerprint density at radius 2 is 1.81 bits per heavy atom. The first kappa shape index (κ1) is 15.0. The molecule has 0 radical (unpaired) electrons. The molecule has 0 saturated carbocycles. The van der Waals surface area contributed by atoms with Crippen LogP contribution in [0.5, 0.6) is 0 Å². The molecule has 2 aromatic rings. The van der Waals surface area contributed by atoms with Crippen molar-refractivity contribution in [1.29, 1.82) is 0 Å². The average molecular weight is 285 g/mol. The number of amides is 1. The van der Waals surface area contributed by atoms with E-state index < -0.39 is 11.5 Å². The van der Waals surface area contributed by atoms with Gasteiger partial charge in [-0.2, -0.15) is 0 Å². The summed E-state index contributed by atoms with van der Waals surface area (Å²) in [4.78, 5) is 23.4.